The van der Waals surface area contributed by atoms with Crippen molar-refractivity contribution < 1.29 is 8.94 Å². The first-order chi connectivity index (χ1) is 13.7. The molecule has 0 radical (unpaired) electrons. The lowest BCUT2D eigenvalue weighted by Gasteiger charge is -1.99. The summed E-state index contributed by atoms with van der Waals surface area (Å²) in [5.41, 5.74) is 2.65. The molecule has 0 atom stereocenters. The van der Waals surface area contributed by atoms with Crippen molar-refractivity contribution >= 4 is 22.0 Å². The van der Waals surface area contributed by atoms with Crippen LogP contribution in [0.2, 0.25) is 0 Å². The van der Waals surface area contributed by atoms with Gasteiger partial charge in [-0.2, -0.15) is 4.98 Å². The minimum atomic E-state index is -0.521. The lowest BCUT2D eigenvalue weighted by molar-refractivity contribution is 0.429. The first-order valence-electron chi connectivity index (χ1n) is 8.93. The average molecular weight is 373 g/mol. The Hall–Kier alpha value is -3.81. The minimum absolute atomic E-state index is 0.115. The zero-order chi connectivity index (χ0) is 19.1. The zero-order valence-electron chi connectivity index (χ0n) is 15.0. The van der Waals surface area contributed by atoms with Crippen LogP contribution < -0.4 is 5.63 Å². The molecule has 5 rings (SSSR count). The molecule has 0 aliphatic carbocycles. The fraction of sp³-hybridized carbons (Fsp3) is 0.150. The molecule has 5 aromatic rings. The number of hydrogen-bond donors (Lipinski definition) is 0. The van der Waals surface area contributed by atoms with Crippen LogP contribution in [0.5, 0.6) is 0 Å². The van der Waals surface area contributed by atoms with Crippen LogP contribution in [0.4, 0.5) is 0 Å². The quantitative estimate of drug-likeness (QED) is 0.443. The number of nitrogens with zero attached hydrogens (tertiary/aromatic N) is 5. The molecule has 0 bridgehead atoms. The average Bonchev–Trinajstić information content (AvgIpc) is 3.35. The summed E-state index contributed by atoms with van der Waals surface area (Å²) in [6.45, 7) is 2.89. The van der Waals surface area contributed by atoms with Crippen molar-refractivity contribution in [3.05, 3.63) is 59.0 Å². The SMILES string of the molecule is CCCn1nnc2cc(-c3noc(-c4cc5ccccc5oc4=O)n3)ccc21. The van der Waals surface area contributed by atoms with Gasteiger partial charge in [0.1, 0.15) is 16.7 Å². The van der Waals surface area contributed by atoms with E-state index in [1.54, 1.807) is 12.1 Å². The number of fused-ring (bicyclic) bond motifs is 2. The van der Waals surface area contributed by atoms with Crippen molar-refractivity contribution in [1.29, 1.82) is 0 Å². The molecule has 0 aliphatic heterocycles. The summed E-state index contributed by atoms with van der Waals surface area (Å²) >= 11 is 0. The van der Waals surface area contributed by atoms with E-state index in [1.807, 2.05) is 41.1 Å². The molecule has 0 aliphatic rings. The van der Waals surface area contributed by atoms with Gasteiger partial charge < -0.3 is 8.94 Å². The Morgan fingerprint density at radius 2 is 2.00 bits per heavy atom. The second-order valence-electron chi connectivity index (χ2n) is 6.42. The van der Waals surface area contributed by atoms with E-state index < -0.39 is 5.63 Å². The summed E-state index contributed by atoms with van der Waals surface area (Å²) in [5, 5.41) is 13.2. The highest BCUT2D eigenvalue weighted by Gasteiger charge is 2.17. The third-order valence-electron chi connectivity index (χ3n) is 4.51. The summed E-state index contributed by atoms with van der Waals surface area (Å²) in [7, 11) is 0. The maximum Gasteiger partial charge on any atom is 0.349 e. The second-order valence-corrected chi connectivity index (χ2v) is 6.42. The highest BCUT2D eigenvalue weighted by molar-refractivity contribution is 5.81. The molecule has 28 heavy (non-hydrogen) atoms. The number of benzene rings is 2. The van der Waals surface area contributed by atoms with Gasteiger partial charge in [-0.25, -0.2) is 9.48 Å². The van der Waals surface area contributed by atoms with Crippen molar-refractivity contribution in [2.45, 2.75) is 19.9 Å². The Morgan fingerprint density at radius 3 is 2.89 bits per heavy atom. The molecule has 0 saturated heterocycles. The maximum atomic E-state index is 12.3. The van der Waals surface area contributed by atoms with E-state index in [-0.39, 0.29) is 11.5 Å². The van der Waals surface area contributed by atoms with Crippen LogP contribution in [0.1, 0.15) is 13.3 Å². The monoisotopic (exact) mass is 373 g/mol. The molecule has 3 aromatic heterocycles. The highest BCUT2D eigenvalue weighted by atomic mass is 16.5. The molecule has 3 heterocycles. The summed E-state index contributed by atoms with van der Waals surface area (Å²) < 4.78 is 12.5. The van der Waals surface area contributed by atoms with Gasteiger partial charge in [0.05, 0.1) is 5.52 Å². The topological polar surface area (TPSA) is 99.8 Å². The van der Waals surface area contributed by atoms with Gasteiger partial charge in [0.15, 0.2) is 0 Å². The maximum absolute atomic E-state index is 12.3. The van der Waals surface area contributed by atoms with Crippen molar-refractivity contribution in [3.8, 4) is 22.8 Å². The fourth-order valence-corrected chi connectivity index (χ4v) is 3.15. The van der Waals surface area contributed by atoms with Crippen molar-refractivity contribution in [2.75, 3.05) is 0 Å². The van der Waals surface area contributed by atoms with Crippen LogP contribution in [0, 0.1) is 0 Å². The molecule has 0 unspecified atom stereocenters. The Labute approximate surface area is 158 Å². The first-order valence-corrected chi connectivity index (χ1v) is 8.93. The number of hydrogen-bond acceptors (Lipinski definition) is 7. The molecule has 0 saturated carbocycles. The summed E-state index contributed by atoms with van der Waals surface area (Å²) in [4.78, 5) is 16.7. The van der Waals surface area contributed by atoms with E-state index in [2.05, 4.69) is 27.4 Å². The van der Waals surface area contributed by atoms with Gasteiger partial charge in [-0.1, -0.05) is 35.5 Å². The van der Waals surface area contributed by atoms with Crippen molar-refractivity contribution in [1.82, 2.24) is 25.1 Å². The fourth-order valence-electron chi connectivity index (χ4n) is 3.15. The molecular weight excluding hydrogens is 358 g/mol. The molecule has 0 fully saturated rings. The molecule has 138 valence electrons. The van der Waals surface area contributed by atoms with Gasteiger partial charge in [0, 0.05) is 17.5 Å². The van der Waals surface area contributed by atoms with Gasteiger partial charge in [-0.05, 0) is 36.8 Å². The predicted molar refractivity (Wildman–Crippen MR) is 103 cm³/mol. The second kappa shape index (κ2) is 6.41. The molecule has 0 N–H and O–H groups in total. The molecule has 8 nitrogen and oxygen atoms in total. The molecule has 0 amide bonds. The van der Waals surface area contributed by atoms with Gasteiger partial charge in [0.25, 0.3) is 5.89 Å². The van der Waals surface area contributed by atoms with Gasteiger partial charge in [-0.15, -0.1) is 5.10 Å². The number of aromatic nitrogens is 5. The van der Waals surface area contributed by atoms with Gasteiger partial charge >= 0.3 is 5.63 Å². The van der Waals surface area contributed by atoms with Crippen LogP contribution >= 0.6 is 0 Å². The zero-order valence-corrected chi connectivity index (χ0v) is 15.0. The number of aryl methyl sites for hydroxylation is 1. The van der Waals surface area contributed by atoms with E-state index in [9.17, 15) is 4.79 Å². The highest BCUT2D eigenvalue weighted by Crippen LogP contribution is 2.25. The van der Waals surface area contributed by atoms with E-state index in [0.29, 0.717) is 11.4 Å². The summed E-state index contributed by atoms with van der Waals surface area (Å²) in [6, 6.07) is 14.6. The van der Waals surface area contributed by atoms with E-state index in [0.717, 1.165) is 34.9 Å². The largest absolute Gasteiger partial charge is 0.422 e. The van der Waals surface area contributed by atoms with Gasteiger partial charge in [-0.3, -0.25) is 0 Å². The Bertz CT molecular complexity index is 1370. The van der Waals surface area contributed by atoms with Crippen LogP contribution in [0.25, 0.3) is 44.8 Å². The lowest BCUT2D eigenvalue weighted by Crippen LogP contribution is -2.02. The van der Waals surface area contributed by atoms with Gasteiger partial charge in [0.2, 0.25) is 5.82 Å². The molecule has 8 heteroatoms. The van der Waals surface area contributed by atoms with E-state index in [4.69, 9.17) is 8.94 Å². The van der Waals surface area contributed by atoms with Crippen LogP contribution in [0.3, 0.4) is 0 Å². The predicted octanol–water partition coefficient (Wildman–Crippen LogP) is 3.66. The smallest absolute Gasteiger partial charge is 0.349 e. The van der Waals surface area contributed by atoms with E-state index in [1.165, 1.54) is 0 Å². The molecular formula is C20H15N5O3. The van der Waals surface area contributed by atoms with Crippen molar-refractivity contribution in [2.24, 2.45) is 0 Å². The summed E-state index contributed by atoms with van der Waals surface area (Å²) in [6.07, 6.45) is 0.975. The Balaban J connectivity index is 1.55. The van der Waals surface area contributed by atoms with E-state index >= 15 is 0 Å². The third kappa shape index (κ3) is 2.66. The van der Waals surface area contributed by atoms with Crippen LogP contribution in [-0.4, -0.2) is 25.1 Å². The Morgan fingerprint density at radius 1 is 1.11 bits per heavy atom. The third-order valence-corrected chi connectivity index (χ3v) is 4.51. The normalized spacial score (nSPS) is 11.5. The summed E-state index contributed by atoms with van der Waals surface area (Å²) in [5.74, 6) is 0.485. The lowest BCUT2D eigenvalue weighted by atomic mass is 10.1. The van der Waals surface area contributed by atoms with Crippen LogP contribution in [0.15, 0.2) is 62.3 Å². The minimum Gasteiger partial charge on any atom is -0.422 e. The standard InChI is InChI=1S/C20H15N5O3/c1-2-9-25-16-8-7-13(11-15(16)22-24-25)18-21-19(28-23-18)14-10-12-5-3-4-6-17(12)27-20(14)26/h3-8,10-11H,2,9H2,1H3. The first kappa shape index (κ1) is 16.4. The van der Waals surface area contributed by atoms with Crippen LogP contribution in [-0.2, 0) is 6.54 Å². The molecule has 0 spiro atoms. The number of para-hydroxylation sites is 1. The molecule has 2 aromatic carbocycles. The number of rotatable bonds is 4. The van der Waals surface area contributed by atoms with Crippen molar-refractivity contribution in [3.63, 3.8) is 0 Å². The Kier molecular flexibility index (Phi) is 3.75.